The Labute approximate surface area is 180 Å². The Bertz CT molecular complexity index is 951. The quantitative estimate of drug-likeness (QED) is 0.602. The van der Waals surface area contributed by atoms with E-state index in [-0.39, 0.29) is 0 Å². The van der Waals surface area contributed by atoms with Crippen LogP contribution in [0.1, 0.15) is 61.3 Å². The van der Waals surface area contributed by atoms with Crippen LogP contribution in [0.5, 0.6) is 0 Å². The Morgan fingerprint density at radius 3 is 2.69 bits per heavy atom. The highest BCUT2D eigenvalue weighted by Crippen LogP contribution is 2.31. The highest BCUT2D eigenvalue weighted by Gasteiger charge is 2.27. The number of thiophene rings is 1. The van der Waals surface area contributed by atoms with E-state index in [9.17, 15) is 0 Å². The predicted octanol–water partition coefficient (Wildman–Crippen LogP) is 5.26. The number of hydrogen-bond donors (Lipinski definition) is 1. The molecule has 0 atom stereocenters. The average molecular weight is 428 g/mol. The third-order valence-electron chi connectivity index (χ3n) is 6.30. The predicted molar refractivity (Wildman–Crippen MR) is 122 cm³/mol. The van der Waals surface area contributed by atoms with Gasteiger partial charge in [-0.1, -0.05) is 6.42 Å². The maximum absolute atomic E-state index is 4.94. The molecule has 29 heavy (non-hydrogen) atoms. The van der Waals surface area contributed by atoms with Crippen LogP contribution in [0.25, 0.3) is 10.2 Å². The molecule has 3 aromatic heterocycles. The number of aromatic nitrogens is 3. The topological polar surface area (TPSA) is 53.9 Å². The largest absolute Gasteiger partial charge is 0.366 e. The number of hydrogen-bond acceptors (Lipinski definition) is 7. The molecule has 0 spiro atoms. The molecule has 154 valence electrons. The van der Waals surface area contributed by atoms with Gasteiger partial charge in [-0.3, -0.25) is 0 Å². The van der Waals surface area contributed by atoms with E-state index < -0.39 is 0 Å². The second-order valence-corrected chi connectivity index (χ2v) is 10.3. The van der Waals surface area contributed by atoms with Crippen LogP contribution in [0.4, 0.5) is 5.82 Å². The second-order valence-electron chi connectivity index (χ2n) is 8.48. The van der Waals surface area contributed by atoms with Crippen molar-refractivity contribution in [3.05, 3.63) is 33.9 Å². The summed E-state index contributed by atoms with van der Waals surface area (Å²) < 4.78 is 5.58. The molecule has 0 amide bonds. The van der Waals surface area contributed by atoms with Gasteiger partial charge in [-0.2, -0.15) is 4.37 Å². The van der Waals surface area contributed by atoms with Crippen molar-refractivity contribution in [1.29, 1.82) is 0 Å². The number of anilines is 1. The zero-order valence-electron chi connectivity index (χ0n) is 17.1. The van der Waals surface area contributed by atoms with Crippen molar-refractivity contribution >= 4 is 38.9 Å². The first-order valence-corrected chi connectivity index (χ1v) is 12.6. The Morgan fingerprint density at radius 1 is 1.10 bits per heavy atom. The van der Waals surface area contributed by atoms with Crippen LogP contribution in [-0.2, 0) is 6.42 Å². The summed E-state index contributed by atoms with van der Waals surface area (Å²) in [5.74, 6) is 1.92. The molecule has 2 fully saturated rings. The third kappa shape index (κ3) is 4.47. The van der Waals surface area contributed by atoms with Crippen molar-refractivity contribution in [1.82, 2.24) is 19.2 Å². The van der Waals surface area contributed by atoms with Gasteiger partial charge in [-0.05, 0) is 87.6 Å². The van der Waals surface area contributed by atoms with E-state index in [0.29, 0.717) is 6.04 Å². The first-order chi connectivity index (χ1) is 14.2. The van der Waals surface area contributed by atoms with Gasteiger partial charge in [-0.15, -0.1) is 11.3 Å². The zero-order valence-corrected chi connectivity index (χ0v) is 18.7. The molecule has 2 aliphatic rings. The molecule has 1 saturated heterocycles. The lowest BCUT2D eigenvalue weighted by Crippen LogP contribution is -2.43. The SMILES string of the molecule is Cc1cc(Cc2nc(NC3CCC(N4CCCCC4)CC3)c3sccc3n2)sn1. The zero-order chi connectivity index (χ0) is 19.6. The average Bonchev–Trinajstić information content (AvgIpc) is 3.38. The number of piperidine rings is 1. The number of rotatable bonds is 5. The van der Waals surface area contributed by atoms with Crippen LogP contribution in [0.15, 0.2) is 17.5 Å². The van der Waals surface area contributed by atoms with Gasteiger partial charge < -0.3 is 10.2 Å². The lowest BCUT2D eigenvalue weighted by Gasteiger charge is -2.39. The van der Waals surface area contributed by atoms with Crippen LogP contribution >= 0.6 is 22.9 Å². The molecule has 0 aromatic carbocycles. The molecule has 5 nitrogen and oxygen atoms in total. The highest BCUT2D eigenvalue weighted by atomic mass is 32.1. The molecule has 1 saturated carbocycles. The van der Waals surface area contributed by atoms with Crippen molar-refractivity contribution in [2.24, 2.45) is 0 Å². The molecule has 0 unspecified atom stereocenters. The van der Waals surface area contributed by atoms with E-state index in [2.05, 4.69) is 32.1 Å². The van der Waals surface area contributed by atoms with Crippen LogP contribution in [0.2, 0.25) is 0 Å². The van der Waals surface area contributed by atoms with Gasteiger partial charge >= 0.3 is 0 Å². The summed E-state index contributed by atoms with van der Waals surface area (Å²) >= 11 is 3.29. The van der Waals surface area contributed by atoms with Gasteiger partial charge in [0.15, 0.2) is 0 Å². The summed E-state index contributed by atoms with van der Waals surface area (Å²) in [6.07, 6.45) is 10.0. The van der Waals surface area contributed by atoms with Crippen molar-refractivity contribution in [3.63, 3.8) is 0 Å². The second kappa shape index (κ2) is 8.66. The van der Waals surface area contributed by atoms with Gasteiger partial charge in [0.1, 0.15) is 11.6 Å². The molecule has 0 radical (unpaired) electrons. The Morgan fingerprint density at radius 2 is 1.93 bits per heavy atom. The van der Waals surface area contributed by atoms with Crippen LogP contribution in [0.3, 0.4) is 0 Å². The van der Waals surface area contributed by atoms with Gasteiger partial charge in [0.2, 0.25) is 0 Å². The first kappa shape index (κ1) is 19.4. The molecule has 1 aliphatic carbocycles. The Hall–Kier alpha value is -1.57. The van der Waals surface area contributed by atoms with E-state index in [4.69, 9.17) is 9.97 Å². The minimum Gasteiger partial charge on any atom is -0.366 e. The van der Waals surface area contributed by atoms with Crippen molar-refractivity contribution in [3.8, 4) is 0 Å². The summed E-state index contributed by atoms with van der Waals surface area (Å²) in [6, 6.07) is 5.57. The monoisotopic (exact) mass is 427 g/mol. The third-order valence-corrected chi connectivity index (χ3v) is 8.09. The summed E-state index contributed by atoms with van der Waals surface area (Å²) in [5.41, 5.74) is 2.14. The lowest BCUT2D eigenvalue weighted by molar-refractivity contribution is 0.127. The molecule has 5 rings (SSSR count). The summed E-state index contributed by atoms with van der Waals surface area (Å²) in [7, 11) is 0. The smallest absolute Gasteiger partial charge is 0.148 e. The van der Waals surface area contributed by atoms with E-state index in [0.717, 1.165) is 35.3 Å². The fraction of sp³-hybridized carbons (Fsp3) is 0.591. The number of nitrogens with zero attached hydrogens (tertiary/aromatic N) is 4. The molecule has 0 bridgehead atoms. The molecule has 4 heterocycles. The van der Waals surface area contributed by atoms with E-state index >= 15 is 0 Å². The fourth-order valence-electron chi connectivity index (χ4n) is 4.81. The number of nitrogens with one attached hydrogen (secondary N) is 1. The van der Waals surface area contributed by atoms with Crippen LogP contribution in [-0.4, -0.2) is 44.4 Å². The number of likely N-dealkylation sites (tertiary alicyclic amines) is 1. The molecule has 1 N–H and O–H groups in total. The van der Waals surface area contributed by atoms with Crippen LogP contribution in [0, 0.1) is 6.92 Å². The van der Waals surface area contributed by atoms with Crippen LogP contribution < -0.4 is 5.32 Å². The molecule has 1 aliphatic heterocycles. The number of aryl methyl sites for hydroxylation is 1. The molecular weight excluding hydrogens is 398 g/mol. The van der Waals surface area contributed by atoms with Gasteiger partial charge in [0.25, 0.3) is 0 Å². The summed E-state index contributed by atoms with van der Waals surface area (Å²) in [6.45, 7) is 4.66. The fourth-order valence-corrected chi connectivity index (χ4v) is 6.32. The normalized spacial score (nSPS) is 23.5. The van der Waals surface area contributed by atoms with Gasteiger partial charge in [0, 0.05) is 23.4 Å². The standard InChI is InChI=1S/C22H29N5S2/c1-15-13-18(29-26-15)14-20-24-19-9-12-28-21(19)22(25-20)23-16-5-7-17(8-6-16)27-10-3-2-4-11-27/h9,12-13,16-17H,2-8,10-11,14H2,1H3,(H,23,24,25). The molecular formula is C22H29N5S2. The lowest BCUT2D eigenvalue weighted by atomic mass is 9.89. The van der Waals surface area contributed by atoms with Crippen molar-refractivity contribution in [2.45, 2.75) is 70.4 Å². The Balaban J connectivity index is 1.28. The minimum atomic E-state index is 0.523. The summed E-state index contributed by atoms with van der Waals surface area (Å²) in [4.78, 5) is 13.7. The summed E-state index contributed by atoms with van der Waals surface area (Å²) in [5, 5.41) is 5.92. The van der Waals surface area contributed by atoms with E-state index in [1.807, 2.05) is 6.92 Å². The Kier molecular flexibility index (Phi) is 5.79. The van der Waals surface area contributed by atoms with Crippen molar-refractivity contribution in [2.75, 3.05) is 18.4 Å². The van der Waals surface area contributed by atoms with Gasteiger partial charge in [-0.25, -0.2) is 9.97 Å². The minimum absolute atomic E-state index is 0.523. The maximum Gasteiger partial charge on any atom is 0.148 e. The molecule has 7 heteroatoms. The van der Waals surface area contributed by atoms with Crippen molar-refractivity contribution < 1.29 is 0 Å². The van der Waals surface area contributed by atoms with E-state index in [1.165, 1.54) is 67.6 Å². The maximum atomic E-state index is 4.94. The highest BCUT2D eigenvalue weighted by molar-refractivity contribution is 7.17. The molecule has 3 aromatic rings. The van der Waals surface area contributed by atoms with E-state index in [1.54, 1.807) is 22.9 Å². The number of fused-ring (bicyclic) bond motifs is 1. The van der Waals surface area contributed by atoms with Gasteiger partial charge in [0.05, 0.1) is 15.9 Å². The first-order valence-electron chi connectivity index (χ1n) is 10.9.